The summed E-state index contributed by atoms with van der Waals surface area (Å²) < 4.78 is 5.27. The van der Waals surface area contributed by atoms with Crippen LogP contribution < -0.4 is 0 Å². The summed E-state index contributed by atoms with van der Waals surface area (Å²) in [5.41, 5.74) is 0. The molecule has 2 nitrogen and oxygen atoms in total. The van der Waals surface area contributed by atoms with E-state index in [-0.39, 0.29) is 0 Å². The van der Waals surface area contributed by atoms with Gasteiger partial charge in [0.25, 0.3) is 0 Å². The monoisotopic (exact) mass is 114 g/mol. The highest BCUT2D eigenvalue weighted by Gasteiger charge is 2.53. The molecule has 0 aromatic carbocycles. The van der Waals surface area contributed by atoms with Crippen LogP contribution in [0.4, 0.5) is 0 Å². The van der Waals surface area contributed by atoms with Crippen molar-refractivity contribution >= 4 is 0 Å². The lowest BCUT2D eigenvalue weighted by Crippen LogP contribution is -1.99. The van der Waals surface area contributed by atoms with Crippen molar-refractivity contribution in [1.29, 1.82) is 0 Å². The first kappa shape index (κ1) is 4.77. The molecule has 2 aliphatic rings. The summed E-state index contributed by atoms with van der Waals surface area (Å²) in [6, 6.07) is 0. The Kier molecular flexibility index (Phi) is 0.866. The van der Waals surface area contributed by atoms with Crippen LogP contribution in [0.2, 0.25) is 0 Å². The third-order valence-corrected chi connectivity index (χ3v) is 2.23. The van der Waals surface area contributed by atoms with Gasteiger partial charge in [-0.05, 0) is 12.3 Å². The maximum absolute atomic E-state index is 8.63. The molecule has 1 saturated heterocycles. The van der Waals surface area contributed by atoms with Gasteiger partial charge in [0, 0.05) is 19.1 Å². The first-order chi connectivity index (χ1) is 3.93. The van der Waals surface area contributed by atoms with Crippen molar-refractivity contribution in [3.8, 4) is 0 Å². The van der Waals surface area contributed by atoms with Crippen LogP contribution in [0.1, 0.15) is 6.42 Å². The largest absolute Gasteiger partial charge is 0.396 e. The summed E-state index contributed by atoms with van der Waals surface area (Å²) in [6.07, 6.45) is 1.62. The highest BCUT2D eigenvalue weighted by Crippen LogP contribution is 2.48. The zero-order valence-electron chi connectivity index (χ0n) is 4.71. The quantitative estimate of drug-likeness (QED) is 0.520. The Hall–Kier alpha value is -0.0800. The van der Waals surface area contributed by atoms with E-state index in [0.29, 0.717) is 18.6 Å². The van der Waals surface area contributed by atoms with Gasteiger partial charge in [0.15, 0.2) is 0 Å². The Morgan fingerprint density at radius 1 is 1.62 bits per heavy atom. The van der Waals surface area contributed by atoms with Crippen LogP contribution in [0.25, 0.3) is 0 Å². The van der Waals surface area contributed by atoms with Crippen LogP contribution in [0.3, 0.4) is 0 Å². The molecule has 1 saturated carbocycles. The van der Waals surface area contributed by atoms with Crippen molar-refractivity contribution in [3.05, 3.63) is 0 Å². The first-order valence-corrected chi connectivity index (χ1v) is 3.16. The topological polar surface area (TPSA) is 29.5 Å². The van der Waals surface area contributed by atoms with E-state index >= 15 is 0 Å². The van der Waals surface area contributed by atoms with E-state index < -0.39 is 0 Å². The average Bonchev–Trinajstić information content (AvgIpc) is 2.22. The smallest absolute Gasteiger partial charge is 0.0662 e. The maximum Gasteiger partial charge on any atom is 0.0662 e. The Bertz CT molecular complexity index is 85.9. The molecule has 1 heterocycles. The molecule has 2 heteroatoms. The van der Waals surface area contributed by atoms with E-state index in [1.165, 1.54) is 6.42 Å². The highest BCUT2D eigenvalue weighted by molar-refractivity contribution is 5.01. The van der Waals surface area contributed by atoms with Gasteiger partial charge in [0.05, 0.1) is 6.10 Å². The van der Waals surface area contributed by atoms with Crippen molar-refractivity contribution in [2.45, 2.75) is 12.5 Å². The van der Waals surface area contributed by atoms with E-state index in [4.69, 9.17) is 9.84 Å². The summed E-state index contributed by atoms with van der Waals surface area (Å²) in [5, 5.41) is 8.63. The van der Waals surface area contributed by atoms with Gasteiger partial charge in [-0.1, -0.05) is 0 Å². The molecular weight excluding hydrogens is 104 g/mol. The van der Waals surface area contributed by atoms with E-state index in [2.05, 4.69) is 0 Å². The lowest BCUT2D eigenvalue weighted by Gasteiger charge is -1.96. The van der Waals surface area contributed by atoms with Gasteiger partial charge < -0.3 is 9.84 Å². The molecule has 0 bridgehead atoms. The number of ether oxygens (including phenoxy) is 1. The van der Waals surface area contributed by atoms with E-state index in [1.54, 1.807) is 0 Å². The highest BCUT2D eigenvalue weighted by atomic mass is 16.5. The van der Waals surface area contributed by atoms with Gasteiger partial charge in [-0.2, -0.15) is 0 Å². The number of rotatable bonds is 1. The average molecular weight is 114 g/mol. The molecule has 3 unspecified atom stereocenters. The minimum absolute atomic E-state index is 0.329. The molecular formula is C6H10O2. The molecule has 0 radical (unpaired) electrons. The number of aliphatic hydroxyl groups excluding tert-OH is 1. The van der Waals surface area contributed by atoms with Gasteiger partial charge in [-0.15, -0.1) is 0 Å². The Labute approximate surface area is 48.5 Å². The lowest BCUT2D eigenvalue weighted by molar-refractivity contribution is 0.119. The Morgan fingerprint density at radius 3 is 2.88 bits per heavy atom. The molecule has 0 amide bonds. The molecule has 1 aliphatic heterocycles. The van der Waals surface area contributed by atoms with Crippen molar-refractivity contribution in [2.75, 3.05) is 13.2 Å². The second-order valence-corrected chi connectivity index (χ2v) is 2.63. The van der Waals surface area contributed by atoms with Crippen LogP contribution in [-0.2, 0) is 4.74 Å². The fourth-order valence-electron chi connectivity index (χ4n) is 1.61. The molecule has 46 valence electrons. The first-order valence-electron chi connectivity index (χ1n) is 3.16. The third kappa shape index (κ3) is 0.446. The molecule has 1 N–H and O–H groups in total. The zero-order valence-corrected chi connectivity index (χ0v) is 4.71. The van der Waals surface area contributed by atoms with Gasteiger partial charge in [-0.3, -0.25) is 0 Å². The number of aliphatic hydroxyl groups is 1. The summed E-state index contributed by atoms with van der Waals surface area (Å²) in [6.45, 7) is 1.25. The van der Waals surface area contributed by atoms with Crippen LogP contribution in [0, 0.1) is 11.8 Å². The van der Waals surface area contributed by atoms with Crippen LogP contribution >= 0.6 is 0 Å². The van der Waals surface area contributed by atoms with Crippen molar-refractivity contribution in [2.24, 2.45) is 11.8 Å². The summed E-state index contributed by atoms with van der Waals surface area (Å²) in [5.74, 6) is 1.23. The van der Waals surface area contributed by atoms with E-state index in [1.807, 2.05) is 0 Å². The SMILES string of the molecule is OCC1C2CCOC12. The van der Waals surface area contributed by atoms with Gasteiger partial charge >= 0.3 is 0 Å². The molecule has 3 atom stereocenters. The van der Waals surface area contributed by atoms with Crippen LogP contribution in [0.5, 0.6) is 0 Å². The molecule has 0 aromatic rings. The van der Waals surface area contributed by atoms with Gasteiger partial charge in [0.1, 0.15) is 0 Å². The minimum atomic E-state index is 0.329. The fourth-order valence-corrected chi connectivity index (χ4v) is 1.61. The van der Waals surface area contributed by atoms with Gasteiger partial charge in [0.2, 0.25) is 0 Å². The standard InChI is InChI=1S/C6H10O2/c7-3-5-4-1-2-8-6(4)5/h4-7H,1-3H2. The molecule has 0 spiro atoms. The predicted molar refractivity (Wildman–Crippen MR) is 28.4 cm³/mol. The molecule has 2 rings (SSSR count). The third-order valence-electron chi connectivity index (χ3n) is 2.23. The van der Waals surface area contributed by atoms with Crippen molar-refractivity contribution < 1.29 is 9.84 Å². The molecule has 0 aromatic heterocycles. The molecule has 8 heavy (non-hydrogen) atoms. The minimum Gasteiger partial charge on any atom is -0.396 e. The maximum atomic E-state index is 8.63. The second kappa shape index (κ2) is 1.45. The summed E-state index contributed by atoms with van der Waals surface area (Å²) in [4.78, 5) is 0. The number of fused-ring (bicyclic) bond motifs is 1. The number of hydrogen-bond donors (Lipinski definition) is 1. The second-order valence-electron chi connectivity index (χ2n) is 2.63. The molecule has 2 fully saturated rings. The van der Waals surface area contributed by atoms with E-state index in [0.717, 1.165) is 12.5 Å². The summed E-state index contributed by atoms with van der Waals surface area (Å²) >= 11 is 0. The van der Waals surface area contributed by atoms with Crippen LogP contribution in [-0.4, -0.2) is 24.4 Å². The van der Waals surface area contributed by atoms with Crippen LogP contribution in [0.15, 0.2) is 0 Å². The van der Waals surface area contributed by atoms with Gasteiger partial charge in [-0.25, -0.2) is 0 Å². The van der Waals surface area contributed by atoms with Crippen molar-refractivity contribution in [1.82, 2.24) is 0 Å². The predicted octanol–water partition coefficient (Wildman–Crippen LogP) is 0.0136. The van der Waals surface area contributed by atoms with E-state index in [9.17, 15) is 0 Å². The zero-order chi connectivity index (χ0) is 5.56. The summed E-state index contributed by atoms with van der Waals surface area (Å²) in [7, 11) is 0. The normalized spacial score (nSPS) is 51.4. The fraction of sp³-hybridized carbons (Fsp3) is 1.00. The van der Waals surface area contributed by atoms with Crippen molar-refractivity contribution in [3.63, 3.8) is 0 Å². The lowest BCUT2D eigenvalue weighted by atomic mass is 10.2. The molecule has 1 aliphatic carbocycles. The Balaban J connectivity index is 1.94. The number of hydrogen-bond acceptors (Lipinski definition) is 2. The Morgan fingerprint density at radius 2 is 2.50 bits per heavy atom.